The number of hydrogen-bond donors (Lipinski definition) is 0. The minimum Gasteiger partial charge on any atom is -0.297 e. The van der Waals surface area contributed by atoms with E-state index in [-0.39, 0.29) is 24.3 Å². The summed E-state index contributed by atoms with van der Waals surface area (Å²) in [7, 11) is 0. The molecule has 0 radical (unpaired) electrons. The van der Waals surface area contributed by atoms with E-state index in [0.717, 1.165) is 36.3 Å². The Morgan fingerprint density at radius 3 is 2.22 bits per heavy atom. The van der Waals surface area contributed by atoms with Crippen molar-refractivity contribution in [3.8, 4) is 0 Å². The molecule has 2 heterocycles. The van der Waals surface area contributed by atoms with Crippen molar-refractivity contribution in [2.24, 2.45) is 0 Å². The maximum atomic E-state index is 12.9. The van der Waals surface area contributed by atoms with Gasteiger partial charge in [0.2, 0.25) is 5.91 Å². The molecular weight excluding hydrogens is 453 g/mol. The molecule has 27 heavy (non-hydrogen) atoms. The molecule has 2 aliphatic rings. The molecule has 2 aromatic rings. The van der Waals surface area contributed by atoms with E-state index in [9.17, 15) is 9.59 Å². The molecule has 4 rings (SSSR count). The van der Waals surface area contributed by atoms with Gasteiger partial charge in [0, 0.05) is 36.3 Å². The van der Waals surface area contributed by atoms with E-state index < -0.39 is 0 Å². The first-order valence-electron chi connectivity index (χ1n) is 9.24. The van der Waals surface area contributed by atoms with Crippen LogP contribution in [0.4, 0.5) is 5.69 Å². The van der Waals surface area contributed by atoms with Crippen LogP contribution in [0.5, 0.6) is 0 Å². The van der Waals surface area contributed by atoms with E-state index in [2.05, 4.69) is 56.7 Å². The van der Waals surface area contributed by atoms with Crippen LogP contribution in [0.25, 0.3) is 0 Å². The molecule has 5 nitrogen and oxygen atoms in total. The number of carbonyl (C=O) groups is 2. The molecule has 140 valence electrons. The van der Waals surface area contributed by atoms with Crippen LogP contribution in [-0.2, 0) is 16.1 Å². The Labute approximate surface area is 173 Å². The second-order valence-corrected chi connectivity index (χ2v) is 8.31. The number of anilines is 1. The van der Waals surface area contributed by atoms with Crippen LogP contribution in [-0.4, -0.2) is 53.8 Å². The first-order chi connectivity index (χ1) is 13.1. The molecule has 6 heteroatoms. The summed E-state index contributed by atoms with van der Waals surface area (Å²) < 4.78 is 1.08. The summed E-state index contributed by atoms with van der Waals surface area (Å²) in [6, 6.07) is 17.7. The first-order valence-corrected chi connectivity index (χ1v) is 10.3. The van der Waals surface area contributed by atoms with Gasteiger partial charge < -0.3 is 0 Å². The lowest BCUT2D eigenvalue weighted by Crippen LogP contribution is -2.52. The fraction of sp³-hybridized carbons (Fsp3) is 0.333. The van der Waals surface area contributed by atoms with Gasteiger partial charge in [0.15, 0.2) is 0 Å². The molecule has 0 bridgehead atoms. The molecule has 2 aliphatic heterocycles. The van der Waals surface area contributed by atoms with Gasteiger partial charge in [-0.2, -0.15) is 0 Å². The molecule has 2 amide bonds. The molecule has 0 spiro atoms. The third kappa shape index (κ3) is 4.07. The van der Waals surface area contributed by atoms with Crippen LogP contribution in [0.1, 0.15) is 12.0 Å². The number of piperazine rings is 1. The highest BCUT2D eigenvalue weighted by Gasteiger charge is 2.43. The average Bonchev–Trinajstić information content (AvgIpc) is 2.98. The smallest absolute Gasteiger partial charge is 0.251 e. The Morgan fingerprint density at radius 2 is 1.56 bits per heavy atom. The van der Waals surface area contributed by atoms with Crippen LogP contribution >= 0.6 is 22.6 Å². The highest BCUT2D eigenvalue weighted by molar-refractivity contribution is 14.1. The summed E-state index contributed by atoms with van der Waals surface area (Å²) in [5.74, 6) is -0.185. The van der Waals surface area contributed by atoms with Crippen molar-refractivity contribution in [1.82, 2.24) is 9.80 Å². The molecular formula is C21H22IN3O2. The number of benzene rings is 2. The monoisotopic (exact) mass is 475 g/mol. The maximum Gasteiger partial charge on any atom is 0.251 e. The van der Waals surface area contributed by atoms with E-state index in [1.165, 1.54) is 10.5 Å². The van der Waals surface area contributed by atoms with Gasteiger partial charge in [-0.15, -0.1) is 0 Å². The Hall–Kier alpha value is -1.77. The minimum atomic E-state index is -0.323. The Morgan fingerprint density at radius 1 is 0.889 bits per heavy atom. The summed E-state index contributed by atoms with van der Waals surface area (Å²) in [4.78, 5) is 31.4. The zero-order valence-corrected chi connectivity index (χ0v) is 17.2. The Bertz CT molecular complexity index is 817. The van der Waals surface area contributed by atoms with Crippen molar-refractivity contribution >= 4 is 40.1 Å². The summed E-state index contributed by atoms with van der Waals surface area (Å²) >= 11 is 2.22. The van der Waals surface area contributed by atoms with Crippen LogP contribution in [0.2, 0.25) is 0 Å². The lowest BCUT2D eigenvalue weighted by atomic mass is 10.1. The van der Waals surface area contributed by atoms with E-state index in [4.69, 9.17) is 0 Å². The summed E-state index contributed by atoms with van der Waals surface area (Å²) in [6.07, 6.45) is 0.281. The molecule has 0 unspecified atom stereocenters. The predicted molar refractivity (Wildman–Crippen MR) is 113 cm³/mol. The Kier molecular flexibility index (Phi) is 5.56. The topological polar surface area (TPSA) is 43.9 Å². The van der Waals surface area contributed by atoms with Gasteiger partial charge in [0.1, 0.15) is 0 Å². The molecule has 0 aliphatic carbocycles. The van der Waals surface area contributed by atoms with E-state index in [0.29, 0.717) is 5.69 Å². The fourth-order valence-corrected chi connectivity index (χ4v) is 4.20. The van der Waals surface area contributed by atoms with Gasteiger partial charge in [0.25, 0.3) is 5.91 Å². The van der Waals surface area contributed by atoms with Crippen molar-refractivity contribution in [2.75, 3.05) is 31.1 Å². The van der Waals surface area contributed by atoms with Crippen LogP contribution in [0, 0.1) is 3.57 Å². The van der Waals surface area contributed by atoms with E-state index in [1.807, 2.05) is 30.3 Å². The van der Waals surface area contributed by atoms with Crippen LogP contribution in [0.3, 0.4) is 0 Å². The molecule has 2 saturated heterocycles. The van der Waals surface area contributed by atoms with E-state index in [1.54, 1.807) is 0 Å². The number of rotatable bonds is 4. The van der Waals surface area contributed by atoms with Crippen molar-refractivity contribution in [3.05, 3.63) is 63.7 Å². The molecule has 0 aromatic heterocycles. The van der Waals surface area contributed by atoms with Crippen molar-refractivity contribution in [2.45, 2.75) is 19.0 Å². The quantitative estimate of drug-likeness (QED) is 0.504. The molecule has 0 saturated carbocycles. The zero-order valence-electron chi connectivity index (χ0n) is 15.1. The maximum absolute atomic E-state index is 12.9. The van der Waals surface area contributed by atoms with Crippen molar-refractivity contribution < 1.29 is 9.59 Å². The van der Waals surface area contributed by atoms with Crippen molar-refractivity contribution in [1.29, 1.82) is 0 Å². The standard InChI is InChI=1S/C21H22IN3O2/c22-17-6-8-18(9-7-17)25-20(26)14-19(21(25)27)24-12-10-23(11-13-24)15-16-4-2-1-3-5-16/h1-9,19H,10-15H2/t19-/m1/s1. The van der Waals surface area contributed by atoms with Gasteiger partial charge in [-0.1, -0.05) is 30.3 Å². The lowest BCUT2D eigenvalue weighted by molar-refractivity contribution is -0.123. The number of carbonyl (C=O) groups excluding carboxylic acids is 2. The molecule has 2 aromatic carbocycles. The third-order valence-corrected chi connectivity index (χ3v) is 6.02. The highest BCUT2D eigenvalue weighted by Crippen LogP contribution is 2.27. The first kappa shape index (κ1) is 18.6. The predicted octanol–water partition coefficient (Wildman–Crippen LogP) is 2.74. The highest BCUT2D eigenvalue weighted by atomic mass is 127. The SMILES string of the molecule is O=C1C[C@@H](N2CCN(Cc3ccccc3)CC2)C(=O)N1c1ccc(I)cc1. The number of halogens is 1. The third-order valence-electron chi connectivity index (χ3n) is 5.30. The fourth-order valence-electron chi connectivity index (χ4n) is 3.84. The summed E-state index contributed by atoms with van der Waals surface area (Å²) in [5.41, 5.74) is 1.98. The van der Waals surface area contributed by atoms with E-state index >= 15 is 0 Å². The largest absolute Gasteiger partial charge is 0.297 e. The number of nitrogens with zero attached hydrogens (tertiary/aromatic N) is 3. The molecule has 0 N–H and O–H groups in total. The number of amides is 2. The van der Waals surface area contributed by atoms with Gasteiger partial charge >= 0.3 is 0 Å². The number of imide groups is 1. The van der Waals surface area contributed by atoms with Crippen molar-refractivity contribution in [3.63, 3.8) is 0 Å². The average molecular weight is 475 g/mol. The Balaban J connectivity index is 1.38. The lowest BCUT2D eigenvalue weighted by Gasteiger charge is -2.37. The van der Waals surface area contributed by atoms with Gasteiger partial charge in [-0.3, -0.25) is 19.4 Å². The minimum absolute atomic E-state index is 0.0854. The second kappa shape index (κ2) is 8.08. The van der Waals surface area contributed by atoms with Gasteiger partial charge in [0.05, 0.1) is 18.2 Å². The molecule has 1 atom stereocenters. The van der Waals surface area contributed by atoms with Crippen LogP contribution < -0.4 is 4.90 Å². The van der Waals surface area contributed by atoms with Crippen LogP contribution in [0.15, 0.2) is 54.6 Å². The normalized spacial score (nSPS) is 21.8. The summed E-state index contributed by atoms with van der Waals surface area (Å²) in [6.45, 7) is 4.39. The van der Waals surface area contributed by atoms with Gasteiger partial charge in [-0.05, 0) is 52.4 Å². The molecule has 2 fully saturated rings. The summed E-state index contributed by atoms with van der Waals surface area (Å²) in [5, 5.41) is 0. The zero-order chi connectivity index (χ0) is 18.8. The second-order valence-electron chi connectivity index (χ2n) is 7.06. The number of hydrogen-bond acceptors (Lipinski definition) is 4. The van der Waals surface area contributed by atoms with Gasteiger partial charge in [-0.25, -0.2) is 4.90 Å².